The lowest BCUT2D eigenvalue weighted by Gasteiger charge is -2.28. The van der Waals surface area contributed by atoms with Gasteiger partial charge in [0.05, 0.1) is 0 Å². The number of ether oxygens (including phenoxy) is 1. The predicted molar refractivity (Wildman–Crippen MR) is 62.0 cm³/mol. The highest BCUT2D eigenvalue weighted by Crippen LogP contribution is 2.39. The van der Waals surface area contributed by atoms with Gasteiger partial charge in [-0.15, -0.1) is 0 Å². The van der Waals surface area contributed by atoms with E-state index in [-0.39, 0.29) is 6.09 Å². The monoisotopic (exact) mass is 226 g/mol. The third-order valence-electron chi connectivity index (χ3n) is 3.31. The fourth-order valence-electron chi connectivity index (χ4n) is 2.46. The largest absolute Gasteiger partial charge is 0.444 e. The van der Waals surface area contributed by atoms with Crippen LogP contribution in [0.15, 0.2) is 0 Å². The summed E-state index contributed by atoms with van der Waals surface area (Å²) in [5.41, 5.74) is 5.45. The van der Waals surface area contributed by atoms with E-state index in [1.165, 1.54) is 0 Å². The first kappa shape index (κ1) is 11.7. The van der Waals surface area contributed by atoms with Crippen LogP contribution in [0, 0.1) is 5.92 Å². The number of nitrogens with zero attached hydrogens (tertiary/aromatic N) is 1. The highest BCUT2D eigenvalue weighted by atomic mass is 16.6. The van der Waals surface area contributed by atoms with E-state index >= 15 is 0 Å². The zero-order valence-corrected chi connectivity index (χ0v) is 10.4. The van der Waals surface area contributed by atoms with E-state index in [4.69, 9.17) is 10.5 Å². The molecule has 0 spiro atoms. The third kappa shape index (κ3) is 2.48. The summed E-state index contributed by atoms with van der Waals surface area (Å²) in [6.07, 6.45) is 3.04. The SMILES string of the molecule is CC(C)(C)OC(=O)N1CCCC1[C@H]1C[C@@H]1N. The van der Waals surface area contributed by atoms with Crippen LogP contribution in [0.1, 0.15) is 40.0 Å². The lowest BCUT2D eigenvalue weighted by atomic mass is 10.1. The van der Waals surface area contributed by atoms with Crippen LogP contribution in [0.4, 0.5) is 4.79 Å². The molecule has 4 heteroatoms. The van der Waals surface area contributed by atoms with E-state index < -0.39 is 5.60 Å². The van der Waals surface area contributed by atoms with E-state index in [0.717, 1.165) is 25.8 Å². The van der Waals surface area contributed by atoms with Crippen LogP contribution in [-0.2, 0) is 4.74 Å². The molecule has 16 heavy (non-hydrogen) atoms. The summed E-state index contributed by atoms with van der Waals surface area (Å²) in [7, 11) is 0. The molecule has 0 radical (unpaired) electrons. The van der Waals surface area contributed by atoms with Crippen LogP contribution in [0.2, 0.25) is 0 Å². The third-order valence-corrected chi connectivity index (χ3v) is 3.31. The summed E-state index contributed by atoms with van der Waals surface area (Å²) >= 11 is 0. The molecule has 1 saturated heterocycles. The molecule has 0 aromatic carbocycles. The Kier molecular flexibility index (Phi) is 2.86. The second kappa shape index (κ2) is 3.91. The average molecular weight is 226 g/mol. The van der Waals surface area contributed by atoms with Gasteiger partial charge in [-0.3, -0.25) is 0 Å². The first-order valence-electron chi connectivity index (χ1n) is 6.14. The number of nitrogens with two attached hydrogens (primary N) is 1. The molecule has 1 heterocycles. The number of carbonyl (C=O) groups excluding carboxylic acids is 1. The van der Waals surface area contributed by atoms with Gasteiger partial charge in [-0.25, -0.2) is 4.79 Å². The number of hydrogen-bond donors (Lipinski definition) is 1. The number of amides is 1. The van der Waals surface area contributed by atoms with Crippen LogP contribution in [0.25, 0.3) is 0 Å². The first-order chi connectivity index (χ1) is 7.38. The molecular formula is C12H22N2O2. The molecule has 0 bridgehead atoms. The van der Waals surface area contributed by atoms with Crippen molar-refractivity contribution in [1.29, 1.82) is 0 Å². The molecule has 2 fully saturated rings. The fraction of sp³-hybridized carbons (Fsp3) is 0.917. The minimum absolute atomic E-state index is 0.172. The standard InChI is InChI=1S/C12H22N2O2/c1-12(2,3)16-11(15)14-6-4-5-10(14)8-7-9(8)13/h8-10H,4-7,13H2,1-3H3/t8-,9-,10?/m0/s1. The van der Waals surface area contributed by atoms with Crippen LogP contribution < -0.4 is 5.73 Å². The lowest BCUT2D eigenvalue weighted by molar-refractivity contribution is 0.0209. The lowest BCUT2D eigenvalue weighted by Crippen LogP contribution is -2.41. The summed E-state index contributed by atoms with van der Waals surface area (Å²) in [6, 6.07) is 0.623. The summed E-state index contributed by atoms with van der Waals surface area (Å²) in [6.45, 7) is 6.53. The predicted octanol–water partition coefficient (Wildman–Crippen LogP) is 1.73. The van der Waals surface area contributed by atoms with Crippen molar-refractivity contribution in [1.82, 2.24) is 4.90 Å². The normalized spacial score (nSPS) is 34.0. The molecule has 1 saturated carbocycles. The van der Waals surface area contributed by atoms with Crippen LogP contribution in [0.3, 0.4) is 0 Å². The molecule has 1 aliphatic carbocycles. The van der Waals surface area contributed by atoms with Gasteiger partial charge >= 0.3 is 6.09 Å². The number of rotatable bonds is 1. The van der Waals surface area contributed by atoms with Gasteiger partial charge in [0.25, 0.3) is 0 Å². The van der Waals surface area contributed by atoms with Crippen molar-refractivity contribution in [2.75, 3.05) is 6.54 Å². The van der Waals surface area contributed by atoms with Gasteiger partial charge in [0.2, 0.25) is 0 Å². The minimum atomic E-state index is -0.407. The molecule has 1 unspecified atom stereocenters. The summed E-state index contributed by atoms with van der Waals surface area (Å²) in [4.78, 5) is 13.9. The Morgan fingerprint density at radius 1 is 1.44 bits per heavy atom. The minimum Gasteiger partial charge on any atom is -0.444 e. The Balaban J connectivity index is 1.95. The van der Waals surface area contributed by atoms with Gasteiger partial charge in [-0.1, -0.05) is 0 Å². The van der Waals surface area contributed by atoms with Gasteiger partial charge in [-0.05, 0) is 46.0 Å². The molecule has 1 aliphatic heterocycles. The van der Waals surface area contributed by atoms with Gasteiger partial charge in [0.1, 0.15) is 5.60 Å². The van der Waals surface area contributed by atoms with Crippen molar-refractivity contribution in [3.63, 3.8) is 0 Å². The quantitative estimate of drug-likeness (QED) is 0.741. The maximum Gasteiger partial charge on any atom is 0.410 e. The topological polar surface area (TPSA) is 55.6 Å². The van der Waals surface area contributed by atoms with Crippen molar-refractivity contribution in [3.8, 4) is 0 Å². The summed E-state index contributed by atoms with van der Waals surface area (Å²) < 4.78 is 5.41. The first-order valence-corrected chi connectivity index (χ1v) is 6.14. The number of carbonyl (C=O) groups is 1. The Hall–Kier alpha value is -0.770. The maximum atomic E-state index is 12.0. The molecule has 0 aromatic heterocycles. The Morgan fingerprint density at radius 3 is 2.56 bits per heavy atom. The molecule has 0 aromatic rings. The number of hydrogen-bond acceptors (Lipinski definition) is 3. The van der Waals surface area contributed by atoms with Crippen molar-refractivity contribution < 1.29 is 9.53 Å². The maximum absolute atomic E-state index is 12.0. The Bertz CT molecular complexity index is 285. The zero-order valence-electron chi connectivity index (χ0n) is 10.4. The molecule has 3 atom stereocenters. The van der Waals surface area contributed by atoms with Crippen molar-refractivity contribution in [3.05, 3.63) is 0 Å². The molecule has 2 N–H and O–H groups in total. The van der Waals surface area contributed by atoms with Gasteiger partial charge in [-0.2, -0.15) is 0 Å². The smallest absolute Gasteiger partial charge is 0.410 e. The second-order valence-electron chi connectivity index (χ2n) is 5.95. The summed E-state index contributed by atoms with van der Waals surface area (Å²) in [5, 5.41) is 0. The van der Waals surface area contributed by atoms with E-state index in [1.807, 2.05) is 25.7 Å². The highest BCUT2D eigenvalue weighted by Gasteiger charge is 2.46. The van der Waals surface area contributed by atoms with E-state index in [9.17, 15) is 4.79 Å². The van der Waals surface area contributed by atoms with Gasteiger partial charge in [0, 0.05) is 18.6 Å². The Labute approximate surface area is 97.1 Å². The van der Waals surface area contributed by atoms with Crippen LogP contribution in [0.5, 0.6) is 0 Å². The second-order valence-corrected chi connectivity index (χ2v) is 5.95. The Morgan fingerprint density at radius 2 is 2.06 bits per heavy atom. The molecule has 1 amide bonds. The highest BCUT2D eigenvalue weighted by molar-refractivity contribution is 5.69. The zero-order chi connectivity index (χ0) is 11.9. The summed E-state index contributed by atoms with van der Waals surface area (Å²) in [5.74, 6) is 0.509. The van der Waals surface area contributed by atoms with Crippen molar-refractivity contribution >= 4 is 6.09 Å². The van der Waals surface area contributed by atoms with Crippen molar-refractivity contribution in [2.24, 2.45) is 11.7 Å². The molecule has 2 aliphatic rings. The number of likely N-dealkylation sites (tertiary alicyclic amines) is 1. The van der Waals surface area contributed by atoms with Crippen molar-refractivity contribution in [2.45, 2.75) is 57.7 Å². The van der Waals surface area contributed by atoms with E-state index in [1.54, 1.807) is 0 Å². The van der Waals surface area contributed by atoms with Gasteiger partial charge < -0.3 is 15.4 Å². The van der Waals surface area contributed by atoms with Gasteiger partial charge in [0.15, 0.2) is 0 Å². The van der Waals surface area contributed by atoms with Crippen LogP contribution in [-0.4, -0.2) is 35.2 Å². The fourth-order valence-corrected chi connectivity index (χ4v) is 2.46. The molecule has 4 nitrogen and oxygen atoms in total. The van der Waals surface area contributed by atoms with E-state index in [2.05, 4.69) is 0 Å². The van der Waals surface area contributed by atoms with E-state index in [0.29, 0.717) is 18.0 Å². The average Bonchev–Trinajstić information content (AvgIpc) is 2.68. The molecule has 2 rings (SSSR count). The van der Waals surface area contributed by atoms with Crippen LogP contribution >= 0.6 is 0 Å². The molecular weight excluding hydrogens is 204 g/mol. The molecule has 92 valence electrons.